The molecule has 5 heteroatoms. The molecule has 5 nitrogen and oxygen atoms in total. The Hall–Kier alpha value is -2.17. The van der Waals surface area contributed by atoms with E-state index in [2.05, 4.69) is 9.97 Å². The number of hydrogen-bond acceptors (Lipinski definition) is 3. The number of H-pyrrole nitrogens is 1. The quantitative estimate of drug-likeness (QED) is 0.690. The minimum absolute atomic E-state index is 0.245. The molecule has 0 aliphatic heterocycles. The molecule has 0 aliphatic rings. The zero-order chi connectivity index (χ0) is 10.1. The second-order valence-electron chi connectivity index (χ2n) is 2.76. The molecule has 70 valence electrons. The van der Waals surface area contributed by atoms with Gasteiger partial charge >= 0.3 is 5.97 Å². The number of rotatable bonds is 1. The molecule has 0 amide bonds. The molecule has 14 heavy (non-hydrogen) atoms. The monoisotopic (exact) mass is 190 g/mol. The number of carboxylic acid groups (broad SMARTS) is 1. The van der Waals surface area contributed by atoms with Crippen LogP contribution in [-0.4, -0.2) is 21.0 Å². The number of carbonyl (C=O) groups is 1. The fourth-order valence-electron chi connectivity index (χ4n) is 1.30. The minimum Gasteiger partial charge on any atom is -0.477 e. The van der Waals surface area contributed by atoms with Crippen LogP contribution in [0.25, 0.3) is 10.8 Å². The van der Waals surface area contributed by atoms with Crippen LogP contribution in [0, 0.1) is 0 Å². The fourth-order valence-corrected chi connectivity index (χ4v) is 1.30. The van der Waals surface area contributed by atoms with E-state index in [0.29, 0.717) is 10.8 Å². The third kappa shape index (κ3) is 1.15. The van der Waals surface area contributed by atoms with Crippen LogP contribution >= 0.6 is 0 Å². The summed E-state index contributed by atoms with van der Waals surface area (Å²) in [5, 5.41) is 9.82. The smallest absolute Gasteiger partial charge is 0.341 e. The van der Waals surface area contributed by atoms with Crippen molar-refractivity contribution in [3.63, 3.8) is 0 Å². The summed E-state index contributed by atoms with van der Waals surface area (Å²) >= 11 is 0. The van der Waals surface area contributed by atoms with Crippen LogP contribution in [0.2, 0.25) is 0 Å². The van der Waals surface area contributed by atoms with Crippen molar-refractivity contribution < 1.29 is 9.90 Å². The number of carboxylic acids is 1. The Balaban J connectivity index is 2.97. The normalized spacial score (nSPS) is 10.3. The van der Waals surface area contributed by atoms with Gasteiger partial charge in [0.1, 0.15) is 5.56 Å². The van der Waals surface area contributed by atoms with Gasteiger partial charge < -0.3 is 10.1 Å². The SMILES string of the molecule is O=C(O)c1c(=O)[nH]cc2cnccc12. The van der Waals surface area contributed by atoms with Gasteiger partial charge in [-0.1, -0.05) is 0 Å². The summed E-state index contributed by atoms with van der Waals surface area (Å²) in [6.07, 6.45) is 4.39. The van der Waals surface area contributed by atoms with E-state index in [1.807, 2.05) is 0 Å². The van der Waals surface area contributed by atoms with Crippen molar-refractivity contribution in [3.8, 4) is 0 Å². The number of fused-ring (bicyclic) bond motifs is 1. The number of nitrogens with one attached hydrogen (secondary N) is 1. The number of hydrogen-bond donors (Lipinski definition) is 2. The topological polar surface area (TPSA) is 83.0 Å². The maximum atomic E-state index is 11.2. The Labute approximate surface area is 78.0 Å². The van der Waals surface area contributed by atoms with E-state index in [-0.39, 0.29) is 5.56 Å². The Kier molecular flexibility index (Phi) is 1.78. The molecule has 0 unspecified atom stereocenters. The lowest BCUT2D eigenvalue weighted by Gasteiger charge is -1.99. The van der Waals surface area contributed by atoms with Gasteiger partial charge in [-0.25, -0.2) is 4.79 Å². The lowest BCUT2D eigenvalue weighted by Crippen LogP contribution is -2.17. The highest BCUT2D eigenvalue weighted by Crippen LogP contribution is 2.12. The van der Waals surface area contributed by atoms with Crippen molar-refractivity contribution in [2.24, 2.45) is 0 Å². The first-order valence-corrected chi connectivity index (χ1v) is 3.89. The van der Waals surface area contributed by atoms with Crippen molar-refractivity contribution in [2.75, 3.05) is 0 Å². The zero-order valence-corrected chi connectivity index (χ0v) is 7.02. The second kappa shape index (κ2) is 2.95. The minimum atomic E-state index is -1.23. The molecule has 2 heterocycles. The third-order valence-corrected chi connectivity index (χ3v) is 1.92. The Morgan fingerprint density at radius 2 is 2.29 bits per heavy atom. The van der Waals surface area contributed by atoms with Gasteiger partial charge in [-0.15, -0.1) is 0 Å². The van der Waals surface area contributed by atoms with Gasteiger partial charge in [0, 0.05) is 29.4 Å². The van der Waals surface area contributed by atoms with E-state index >= 15 is 0 Å². The van der Waals surface area contributed by atoms with Crippen molar-refractivity contribution in [2.45, 2.75) is 0 Å². The van der Waals surface area contributed by atoms with Gasteiger partial charge in [0.25, 0.3) is 5.56 Å². The molecule has 2 N–H and O–H groups in total. The van der Waals surface area contributed by atoms with Crippen LogP contribution in [0.5, 0.6) is 0 Å². The number of aromatic nitrogens is 2. The predicted octanol–water partition coefficient (Wildman–Crippen LogP) is 0.621. The van der Waals surface area contributed by atoms with Crippen molar-refractivity contribution in [1.29, 1.82) is 0 Å². The Bertz CT molecular complexity index is 559. The lowest BCUT2D eigenvalue weighted by atomic mass is 10.1. The van der Waals surface area contributed by atoms with Crippen LogP contribution in [0.15, 0.2) is 29.5 Å². The molecular weight excluding hydrogens is 184 g/mol. The number of aromatic amines is 1. The van der Waals surface area contributed by atoms with Gasteiger partial charge in [-0.2, -0.15) is 0 Å². The molecule has 0 atom stereocenters. The van der Waals surface area contributed by atoms with Crippen LogP contribution in [0.4, 0.5) is 0 Å². The molecule has 0 saturated carbocycles. The molecule has 0 spiro atoms. The van der Waals surface area contributed by atoms with Gasteiger partial charge in [0.05, 0.1) is 0 Å². The molecule has 0 radical (unpaired) electrons. The summed E-state index contributed by atoms with van der Waals surface area (Å²) in [4.78, 5) is 28.2. The van der Waals surface area contributed by atoms with Crippen molar-refractivity contribution in [3.05, 3.63) is 40.6 Å². The van der Waals surface area contributed by atoms with Gasteiger partial charge in [-0.05, 0) is 6.07 Å². The van der Waals surface area contributed by atoms with Gasteiger partial charge in [0.2, 0.25) is 0 Å². The van der Waals surface area contributed by atoms with E-state index in [0.717, 1.165) is 0 Å². The highest BCUT2D eigenvalue weighted by atomic mass is 16.4. The number of nitrogens with zero attached hydrogens (tertiary/aromatic N) is 1. The van der Waals surface area contributed by atoms with Crippen LogP contribution in [-0.2, 0) is 0 Å². The van der Waals surface area contributed by atoms with Crippen molar-refractivity contribution in [1.82, 2.24) is 9.97 Å². The molecule has 0 fully saturated rings. The molecule has 0 aliphatic carbocycles. The number of pyridine rings is 2. The largest absolute Gasteiger partial charge is 0.477 e. The van der Waals surface area contributed by atoms with E-state index in [4.69, 9.17) is 5.11 Å². The highest BCUT2D eigenvalue weighted by molar-refractivity contribution is 6.02. The van der Waals surface area contributed by atoms with E-state index in [1.54, 1.807) is 0 Å². The molecule has 0 aromatic carbocycles. The molecule has 0 bridgehead atoms. The fraction of sp³-hybridized carbons (Fsp3) is 0. The molecule has 2 aromatic rings. The van der Waals surface area contributed by atoms with E-state index in [9.17, 15) is 9.59 Å². The first-order valence-electron chi connectivity index (χ1n) is 3.89. The van der Waals surface area contributed by atoms with Crippen molar-refractivity contribution >= 4 is 16.7 Å². The second-order valence-corrected chi connectivity index (χ2v) is 2.76. The van der Waals surface area contributed by atoms with E-state index in [1.165, 1.54) is 24.7 Å². The van der Waals surface area contributed by atoms with Crippen LogP contribution in [0.3, 0.4) is 0 Å². The average molecular weight is 190 g/mol. The first kappa shape index (κ1) is 8.43. The highest BCUT2D eigenvalue weighted by Gasteiger charge is 2.12. The Morgan fingerprint density at radius 1 is 1.50 bits per heavy atom. The summed E-state index contributed by atoms with van der Waals surface area (Å²) in [5.74, 6) is -1.23. The summed E-state index contributed by atoms with van der Waals surface area (Å²) < 4.78 is 0. The lowest BCUT2D eigenvalue weighted by molar-refractivity contribution is 0.0697. The van der Waals surface area contributed by atoms with Crippen LogP contribution in [0.1, 0.15) is 10.4 Å². The maximum Gasteiger partial charge on any atom is 0.341 e. The summed E-state index contributed by atoms with van der Waals surface area (Å²) in [7, 11) is 0. The molecule has 2 rings (SSSR count). The molecule has 0 saturated heterocycles. The molecule has 2 aromatic heterocycles. The summed E-state index contributed by atoms with van der Waals surface area (Å²) in [5.41, 5.74) is -0.846. The van der Waals surface area contributed by atoms with Crippen LogP contribution < -0.4 is 5.56 Å². The summed E-state index contributed by atoms with van der Waals surface area (Å²) in [6, 6.07) is 1.51. The van der Waals surface area contributed by atoms with Gasteiger partial charge in [0.15, 0.2) is 0 Å². The van der Waals surface area contributed by atoms with E-state index < -0.39 is 11.5 Å². The standard InChI is InChI=1S/C9H6N2O3/c12-8-7(9(13)14)6-1-2-10-3-5(6)4-11-8/h1-4H,(H,11,12)(H,13,14). The zero-order valence-electron chi connectivity index (χ0n) is 7.02. The first-order chi connectivity index (χ1) is 6.70. The average Bonchev–Trinajstić information content (AvgIpc) is 2.17. The Morgan fingerprint density at radius 3 is 3.00 bits per heavy atom. The maximum absolute atomic E-state index is 11.2. The summed E-state index contributed by atoms with van der Waals surface area (Å²) in [6.45, 7) is 0. The predicted molar refractivity (Wildman–Crippen MR) is 49.3 cm³/mol. The number of aromatic carboxylic acids is 1. The third-order valence-electron chi connectivity index (χ3n) is 1.92. The molecular formula is C9H6N2O3. The van der Waals surface area contributed by atoms with Gasteiger partial charge in [-0.3, -0.25) is 9.78 Å².